The first-order chi connectivity index (χ1) is 24.3. The molecule has 0 spiro atoms. The number of hydrogen-bond acceptors (Lipinski definition) is 4. The molecule has 8 aromatic carbocycles. The molecule has 228 valence electrons. The Bertz CT molecular complexity index is 2710. The summed E-state index contributed by atoms with van der Waals surface area (Å²) >= 11 is 1.80. The molecule has 11 rings (SSSR count). The predicted octanol–water partition coefficient (Wildman–Crippen LogP) is 10.6. The predicted molar refractivity (Wildman–Crippen MR) is 207 cm³/mol. The Morgan fingerprint density at radius 3 is 1.67 bits per heavy atom. The number of rotatable bonds is 3. The van der Waals surface area contributed by atoms with Gasteiger partial charge >= 0.3 is 0 Å². The molecule has 9 aromatic rings. The quantitative estimate of drug-likeness (QED) is 0.179. The van der Waals surface area contributed by atoms with Crippen molar-refractivity contribution in [2.24, 2.45) is 0 Å². The van der Waals surface area contributed by atoms with Gasteiger partial charge in [-0.1, -0.05) is 103 Å². The largest absolute Gasteiger partial charge is 0.458 e. The fourth-order valence-electron chi connectivity index (χ4n) is 8.05. The summed E-state index contributed by atoms with van der Waals surface area (Å²) in [7, 11) is 0. The van der Waals surface area contributed by atoms with Gasteiger partial charge in [-0.2, -0.15) is 0 Å². The third-order valence-electron chi connectivity index (χ3n) is 10.2. The second-order valence-corrected chi connectivity index (χ2v) is 13.9. The van der Waals surface area contributed by atoms with Gasteiger partial charge in [0, 0.05) is 38.0 Å². The Morgan fingerprint density at radius 1 is 0.429 bits per heavy atom. The van der Waals surface area contributed by atoms with Gasteiger partial charge < -0.3 is 14.4 Å². The van der Waals surface area contributed by atoms with Crippen molar-refractivity contribution >= 4 is 93.2 Å². The summed E-state index contributed by atoms with van der Waals surface area (Å²) < 4.78 is 16.3. The SMILES string of the molecule is c1ccc(N(c2ccccc2)c2ccc3c(c2)sc2c4c5c(cc23)Oc2ccc3ccccc3c2B5c2c(ccc3ccccc23)O4)cc1. The van der Waals surface area contributed by atoms with E-state index in [1.807, 2.05) is 0 Å². The Hall–Kier alpha value is -6.04. The normalized spacial score (nSPS) is 12.8. The second-order valence-electron chi connectivity index (χ2n) is 12.8. The summed E-state index contributed by atoms with van der Waals surface area (Å²) in [6.07, 6.45) is 0. The van der Waals surface area contributed by atoms with Gasteiger partial charge in [-0.3, -0.25) is 0 Å². The van der Waals surface area contributed by atoms with E-state index in [1.54, 1.807) is 11.3 Å². The van der Waals surface area contributed by atoms with Gasteiger partial charge in [0.15, 0.2) is 0 Å². The topological polar surface area (TPSA) is 21.7 Å². The lowest BCUT2D eigenvalue weighted by atomic mass is 9.33. The van der Waals surface area contributed by atoms with Crippen molar-refractivity contribution < 1.29 is 9.47 Å². The van der Waals surface area contributed by atoms with Crippen molar-refractivity contribution in [1.29, 1.82) is 0 Å². The summed E-state index contributed by atoms with van der Waals surface area (Å²) in [6.45, 7) is -0.0356. The van der Waals surface area contributed by atoms with Crippen LogP contribution in [0.15, 0.2) is 158 Å². The lowest BCUT2D eigenvalue weighted by Gasteiger charge is -2.34. The first-order valence-electron chi connectivity index (χ1n) is 16.6. The average molecular weight is 644 g/mol. The number of thiophene rings is 1. The Kier molecular flexibility index (Phi) is 5.63. The van der Waals surface area contributed by atoms with Crippen LogP contribution in [0.25, 0.3) is 41.7 Å². The van der Waals surface area contributed by atoms with Crippen molar-refractivity contribution in [3.05, 3.63) is 158 Å². The highest BCUT2D eigenvalue weighted by Crippen LogP contribution is 2.48. The molecule has 0 fully saturated rings. The van der Waals surface area contributed by atoms with E-state index < -0.39 is 0 Å². The summed E-state index contributed by atoms with van der Waals surface area (Å²) in [6, 6.07) is 56.2. The van der Waals surface area contributed by atoms with Crippen LogP contribution in [0.2, 0.25) is 0 Å². The Balaban J connectivity index is 1.18. The highest BCUT2D eigenvalue weighted by molar-refractivity contribution is 7.26. The molecule has 3 nitrogen and oxygen atoms in total. The van der Waals surface area contributed by atoms with Crippen LogP contribution < -0.4 is 30.8 Å². The van der Waals surface area contributed by atoms with Crippen LogP contribution in [0.4, 0.5) is 17.1 Å². The Morgan fingerprint density at radius 2 is 1.02 bits per heavy atom. The zero-order chi connectivity index (χ0) is 32.1. The summed E-state index contributed by atoms with van der Waals surface area (Å²) in [5.41, 5.74) is 6.87. The number of benzene rings is 8. The smallest absolute Gasteiger partial charge is 0.262 e. The van der Waals surface area contributed by atoms with Crippen molar-refractivity contribution in [1.82, 2.24) is 0 Å². The number of anilines is 3. The molecule has 0 unspecified atom stereocenters. The minimum atomic E-state index is -0.0356. The van der Waals surface area contributed by atoms with E-state index in [1.165, 1.54) is 42.6 Å². The van der Waals surface area contributed by atoms with Crippen LogP contribution in [0.3, 0.4) is 0 Å². The van der Waals surface area contributed by atoms with E-state index in [-0.39, 0.29) is 6.71 Å². The number of fused-ring (bicyclic) bond motifs is 12. The molecule has 0 aliphatic carbocycles. The molecular weight excluding hydrogens is 617 g/mol. The maximum atomic E-state index is 7.04. The lowest BCUT2D eigenvalue weighted by Crippen LogP contribution is -2.57. The molecule has 0 bridgehead atoms. The molecule has 5 heteroatoms. The molecule has 0 saturated carbocycles. The zero-order valence-electron chi connectivity index (χ0n) is 26.3. The van der Waals surface area contributed by atoms with Crippen molar-refractivity contribution in [3.63, 3.8) is 0 Å². The molecule has 1 aromatic heterocycles. The minimum absolute atomic E-state index is 0.0356. The van der Waals surface area contributed by atoms with Crippen LogP contribution in [0, 0.1) is 0 Å². The van der Waals surface area contributed by atoms with Crippen LogP contribution in [-0.2, 0) is 0 Å². The first kappa shape index (κ1) is 27.0. The second kappa shape index (κ2) is 10.2. The summed E-state index contributed by atoms with van der Waals surface area (Å²) in [5.74, 6) is 3.59. The molecule has 0 amide bonds. The van der Waals surface area contributed by atoms with E-state index in [9.17, 15) is 0 Å². The van der Waals surface area contributed by atoms with E-state index in [0.717, 1.165) is 55.6 Å². The van der Waals surface area contributed by atoms with E-state index >= 15 is 0 Å². The van der Waals surface area contributed by atoms with E-state index in [4.69, 9.17) is 9.47 Å². The fraction of sp³-hybridized carbons (Fsp3) is 0. The standard InChI is InChI=1S/C44H26BNO2S/c1-3-13-29(14-4-1)46(30-15-5-2-6-16-30)31-21-22-34-35-26-38-42-43(44(35)49-39(34)25-31)48-37-24-20-28-12-8-10-18-33(28)41(37)45(42)40-32-17-9-7-11-27(32)19-23-36(40)47-38/h1-26H. The fourth-order valence-corrected chi connectivity index (χ4v) is 9.26. The van der Waals surface area contributed by atoms with Crippen molar-refractivity contribution in [2.45, 2.75) is 0 Å². The van der Waals surface area contributed by atoms with E-state index in [2.05, 4.69) is 163 Å². The summed E-state index contributed by atoms with van der Waals surface area (Å²) in [4.78, 5) is 2.32. The molecule has 3 heterocycles. The molecule has 0 N–H and O–H groups in total. The molecule has 49 heavy (non-hydrogen) atoms. The summed E-state index contributed by atoms with van der Waals surface area (Å²) in [5, 5.41) is 7.19. The average Bonchev–Trinajstić information content (AvgIpc) is 3.53. The molecule has 2 aliphatic rings. The number of nitrogens with zero attached hydrogens (tertiary/aromatic N) is 1. The maximum absolute atomic E-state index is 7.04. The molecule has 0 radical (unpaired) electrons. The zero-order valence-corrected chi connectivity index (χ0v) is 27.1. The van der Waals surface area contributed by atoms with Crippen LogP contribution in [0.1, 0.15) is 0 Å². The molecule has 0 atom stereocenters. The van der Waals surface area contributed by atoms with Crippen molar-refractivity contribution in [2.75, 3.05) is 4.90 Å². The highest BCUT2D eigenvalue weighted by atomic mass is 32.1. The van der Waals surface area contributed by atoms with Crippen LogP contribution >= 0.6 is 11.3 Å². The van der Waals surface area contributed by atoms with Crippen LogP contribution in [0.5, 0.6) is 23.0 Å². The monoisotopic (exact) mass is 643 g/mol. The molecule has 2 aliphatic heterocycles. The third-order valence-corrected chi connectivity index (χ3v) is 11.3. The number of hydrogen-bond donors (Lipinski definition) is 0. The van der Waals surface area contributed by atoms with Gasteiger partial charge in [0.25, 0.3) is 6.71 Å². The van der Waals surface area contributed by atoms with Gasteiger partial charge in [0.2, 0.25) is 0 Å². The number of para-hydroxylation sites is 2. The molecular formula is C44H26BNO2S. The van der Waals surface area contributed by atoms with Gasteiger partial charge in [0.1, 0.15) is 23.0 Å². The lowest BCUT2D eigenvalue weighted by molar-refractivity contribution is 0.470. The van der Waals surface area contributed by atoms with Gasteiger partial charge in [-0.05, 0) is 87.1 Å². The van der Waals surface area contributed by atoms with E-state index in [0.29, 0.717) is 0 Å². The Labute approximate surface area is 287 Å². The van der Waals surface area contributed by atoms with Crippen LogP contribution in [-0.4, -0.2) is 6.71 Å². The van der Waals surface area contributed by atoms with Gasteiger partial charge in [0.05, 0.1) is 4.70 Å². The third kappa shape index (κ3) is 3.91. The minimum Gasteiger partial charge on any atom is -0.458 e. The number of ether oxygens (including phenoxy) is 2. The van der Waals surface area contributed by atoms with Gasteiger partial charge in [-0.15, -0.1) is 11.3 Å². The first-order valence-corrected chi connectivity index (χ1v) is 17.4. The highest BCUT2D eigenvalue weighted by Gasteiger charge is 2.43. The van der Waals surface area contributed by atoms with Crippen molar-refractivity contribution in [3.8, 4) is 23.0 Å². The maximum Gasteiger partial charge on any atom is 0.262 e. The van der Waals surface area contributed by atoms with Gasteiger partial charge in [-0.25, -0.2) is 0 Å². The molecule has 0 saturated heterocycles.